The van der Waals surface area contributed by atoms with Gasteiger partial charge < -0.3 is 14.9 Å². The van der Waals surface area contributed by atoms with E-state index in [0.717, 1.165) is 0 Å². The van der Waals surface area contributed by atoms with Gasteiger partial charge in [0.05, 0.1) is 12.7 Å². The molecule has 0 bridgehead atoms. The summed E-state index contributed by atoms with van der Waals surface area (Å²) in [6, 6.07) is 0. The van der Waals surface area contributed by atoms with Crippen LogP contribution < -0.4 is 11.2 Å². The van der Waals surface area contributed by atoms with E-state index < -0.39 is 29.7 Å². The number of ether oxygens (including phenoxy) is 1. The molecule has 0 radical (unpaired) electrons. The number of nitrogens with zero attached hydrogens (tertiary/aromatic N) is 1. The number of aliphatic hydroxyl groups is 2. The summed E-state index contributed by atoms with van der Waals surface area (Å²) in [5, 5.41) is 19.3. The largest absolute Gasteiger partial charge is 0.394 e. The van der Waals surface area contributed by atoms with E-state index >= 15 is 0 Å². The van der Waals surface area contributed by atoms with Crippen LogP contribution in [0.5, 0.6) is 0 Å². The first-order chi connectivity index (χ1) is 9.06. The topological polar surface area (TPSA) is 105 Å². The van der Waals surface area contributed by atoms with Gasteiger partial charge in [-0.1, -0.05) is 15.9 Å². The molecule has 1 aromatic rings. The molecule has 1 fully saturated rings. The maximum absolute atomic E-state index is 11.8. The summed E-state index contributed by atoms with van der Waals surface area (Å²) in [6.45, 7) is -0.315. The molecule has 19 heavy (non-hydrogen) atoms. The molecule has 1 aliphatic rings. The first-order valence-electron chi connectivity index (χ1n) is 5.91. The molecule has 0 amide bonds. The van der Waals surface area contributed by atoms with Crippen LogP contribution in [0.2, 0.25) is 0 Å². The lowest BCUT2D eigenvalue weighted by Crippen LogP contribution is -2.34. The number of rotatable bonds is 4. The molecule has 0 aliphatic carbocycles. The molecular formula is C11H15BrN2O5. The highest BCUT2D eigenvalue weighted by Crippen LogP contribution is 2.27. The fourth-order valence-electron chi connectivity index (χ4n) is 2.07. The van der Waals surface area contributed by atoms with Crippen LogP contribution in [-0.2, 0) is 11.2 Å². The Hall–Kier alpha value is -0.960. The van der Waals surface area contributed by atoms with E-state index in [1.54, 1.807) is 0 Å². The molecule has 1 aliphatic heterocycles. The van der Waals surface area contributed by atoms with E-state index in [4.69, 9.17) is 9.84 Å². The third-order valence-corrected chi connectivity index (χ3v) is 3.50. The molecule has 3 atom stereocenters. The number of aliphatic hydroxyl groups excluding tert-OH is 2. The third kappa shape index (κ3) is 2.97. The molecular weight excluding hydrogens is 320 g/mol. The minimum atomic E-state index is -0.826. The molecule has 2 heterocycles. The van der Waals surface area contributed by atoms with Crippen molar-refractivity contribution in [3.63, 3.8) is 0 Å². The first kappa shape index (κ1) is 14.4. The highest BCUT2D eigenvalue weighted by molar-refractivity contribution is 9.09. The second kappa shape index (κ2) is 6.00. The van der Waals surface area contributed by atoms with Crippen molar-refractivity contribution in [3.05, 3.63) is 32.6 Å². The maximum Gasteiger partial charge on any atom is 0.330 e. The van der Waals surface area contributed by atoms with Gasteiger partial charge in [-0.05, 0) is 6.42 Å². The summed E-state index contributed by atoms with van der Waals surface area (Å²) in [6.07, 6.45) is -0.0822. The molecule has 0 aromatic carbocycles. The van der Waals surface area contributed by atoms with Gasteiger partial charge in [0.25, 0.3) is 5.56 Å². The summed E-state index contributed by atoms with van der Waals surface area (Å²) in [4.78, 5) is 25.5. The van der Waals surface area contributed by atoms with Crippen molar-refractivity contribution < 1.29 is 14.9 Å². The van der Waals surface area contributed by atoms with Crippen molar-refractivity contribution in [1.29, 1.82) is 0 Å². The summed E-state index contributed by atoms with van der Waals surface area (Å²) in [7, 11) is 0. The lowest BCUT2D eigenvalue weighted by molar-refractivity contribution is -0.0459. The van der Waals surface area contributed by atoms with E-state index in [1.165, 1.54) is 10.8 Å². The quantitative estimate of drug-likeness (QED) is 0.620. The van der Waals surface area contributed by atoms with Crippen LogP contribution in [-0.4, -0.2) is 43.9 Å². The van der Waals surface area contributed by atoms with Gasteiger partial charge in [-0.25, -0.2) is 4.79 Å². The zero-order valence-corrected chi connectivity index (χ0v) is 11.7. The van der Waals surface area contributed by atoms with Gasteiger partial charge in [0.1, 0.15) is 12.3 Å². The summed E-state index contributed by atoms with van der Waals surface area (Å²) in [5.74, 6) is 0. The van der Waals surface area contributed by atoms with Crippen molar-refractivity contribution in [1.82, 2.24) is 9.55 Å². The normalized spacial score (nSPS) is 26.8. The van der Waals surface area contributed by atoms with Crippen LogP contribution in [0.1, 0.15) is 18.2 Å². The number of aromatic nitrogens is 2. The van der Waals surface area contributed by atoms with Gasteiger partial charge in [0.2, 0.25) is 0 Å². The molecule has 7 nitrogen and oxygen atoms in total. The molecule has 3 N–H and O–H groups in total. The Morgan fingerprint density at radius 2 is 2.26 bits per heavy atom. The number of halogens is 1. The van der Waals surface area contributed by atoms with E-state index in [-0.39, 0.29) is 13.0 Å². The van der Waals surface area contributed by atoms with Crippen LogP contribution in [0.3, 0.4) is 0 Å². The van der Waals surface area contributed by atoms with Gasteiger partial charge in [0, 0.05) is 23.5 Å². The number of hydrogen-bond acceptors (Lipinski definition) is 5. The smallest absolute Gasteiger partial charge is 0.330 e. The molecule has 0 saturated carbocycles. The van der Waals surface area contributed by atoms with Gasteiger partial charge in [-0.15, -0.1) is 0 Å². The molecule has 8 heteroatoms. The zero-order valence-electron chi connectivity index (χ0n) is 10.1. The maximum atomic E-state index is 11.8. The van der Waals surface area contributed by atoms with Crippen LogP contribution in [0, 0.1) is 0 Å². The fraction of sp³-hybridized carbons (Fsp3) is 0.636. The molecule has 1 aromatic heterocycles. The van der Waals surface area contributed by atoms with Crippen LogP contribution >= 0.6 is 15.9 Å². The summed E-state index contributed by atoms with van der Waals surface area (Å²) in [5.41, 5.74) is -0.543. The van der Waals surface area contributed by atoms with E-state index in [2.05, 4.69) is 20.9 Å². The summed E-state index contributed by atoms with van der Waals surface area (Å²) < 4.78 is 6.64. The van der Waals surface area contributed by atoms with Gasteiger partial charge >= 0.3 is 5.69 Å². The van der Waals surface area contributed by atoms with Crippen molar-refractivity contribution in [2.75, 3.05) is 11.9 Å². The fourth-order valence-corrected chi connectivity index (χ4v) is 2.50. The number of aryl methyl sites for hydroxylation is 1. The number of H-pyrrole nitrogens is 1. The van der Waals surface area contributed by atoms with Crippen LogP contribution in [0.25, 0.3) is 0 Å². The van der Waals surface area contributed by atoms with Crippen molar-refractivity contribution in [2.45, 2.75) is 31.3 Å². The first-order valence-corrected chi connectivity index (χ1v) is 7.03. The average Bonchev–Trinajstić information content (AvgIpc) is 2.74. The minimum absolute atomic E-state index is 0.199. The third-order valence-electron chi connectivity index (χ3n) is 3.10. The Balaban J connectivity index is 2.33. The van der Waals surface area contributed by atoms with E-state index in [1.807, 2.05) is 0 Å². The lowest BCUT2D eigenvalue weighted by Gasteiger charge is -2.15. The second-order valence-electron chi connectivity index (χ2n) is 4.37. The van der Waals surface area contributed by atoms with Gasteiger partial charge in [-0.3, -0.25) is 14.3 Å². The predicted molar refractivity (Wildman–Crippen MR) is 70.4 cm³/mol. The van der Waals surface area contributed by atoms with Crippen LogP contribution in [0.15, 0.2) is 15.8 Å². The van der Waals surface area contributed by atoms with Gasteiger partial charge in [0.15, 0.2) is 0 Å². The van der Waals surface area contributed by atoms with Crippen LogP contribution in [0.4, 0.5) is 0 Å². The Kier molecular flexibility index (Phi) is 4.56. The Morgan fingerprint density at radius 1 is 1.53 bits per heavy atom. The molecule has 106 valence electrons. The zero-order chi connectivity index (χ0) is 14.0. The molecule has 2 rings (SSSR count). The van der Waals surface area contributed by atoms with E-state index in [9.17, 15) is 14.7 Å². The lowest BCUT2D eigenvalue weighted by atomic mass is 10.2. The van der Waals surface area contributed by atoms with Crippen molar-refractivity contribution in [3.8, 4) is 0 Å². The summed E-state index contributed by atoms with van der Waals surface area (Å²) >= 11 is 3.23. The molecule has 1 saturated heterocycles. The number of hydrogen-bond donors (Lipinski definition) is 3. The molecule has 0 unspecified atom stereocenters. The van der Waals surface area contributed by atoms with Gasteiger partial charge in [-0.2, -0.15) is 0 Å². The average molecular weight is 335 g/mol. The minimum Gasteiger partial charge on any atom is -0.394 e. The highest BCUT2D eigenvalue weighted by Gasteiger charge is 2.35. The number of aromatic amines is 1. The SMILES string of the molecule is O=c1[nH]c(=O)n([C@H]2C[C@H](O)[C@@H](CO)O2)cc1CCBr. The number of alkyl halides is 1. The Labute approximate surface area is 117 Å². The Morgan fingerprint density at radius 3 is 2.84 bits per heavy atom. The Bertz CT molecular complexity index is 555. The van der Waals surface area contributed by atoms with E-state index in [0.29, 0.717) is 17.3 Å². The molecule has 0 spiro atoms. The second-order valence-corrected chi connectivity index (χ2v) is 5.17. The van der Waals surface area contributed by atoms with Crippen molar-refractivity contribution >= 4 is 15.9 Å². The number of nitrogens with one attached hydrogen (secondary N) is 1. The standard InChI is InChI=1S/C11H15BrN2O5/c12-2-1-6-4-14(11(18)13-10(6)17)9-3-7(16)8(5-15)19-9/h4,7-9,15-16H,1-3,5H2,(H,13,17,18)/t7-,8+,9+/m0/s1. The van der Waals surface area contributed by atoms with Crippen molar-refractivity contribution in [2.24, 2.45) is 0 Å². The predicted octanol–water partition coefficient (Wildman–Crippen LogP) is -0.885. The monoisotopic (exact) mass is 334 g/mol. The highest BCUT2D eigenvalue weighted by atomic mass is 79.9.